The summed E-state index contributed by atoms with van der Waals surface area (Å²) in [4.78, 5) is 26.4. The molecule has 0 bridgehead atoms. The number of hydrogen-bond acceptors (Lipinski definition) is 6. The third-order valence-corrected chi connectivity index (χ3v) is 7.76. The number of amides is 1. The standard InChI is InChI=1S/C25H26N2O6S/c1-18(28)23-16-21(32-2)8-10-24(23)33-17-25(29)26-11-13-27(14-12-26)34(30,31)22-9-7-19-5-3-4-6-20(19)15-22/h3-10,15-16H,11-14,17H2,1-2H3. The van der Waals surface area contributed by atoms with Crippen LogP contribution in [0.2, 0.25) is 0 Å². The van der Waals surface area contributed by atoms with E-state index >= 15 is 0 Å². The number of hydrogen-bond donors (Lipinski definition) is 0. The Bertz CT molecular complexity index is 1330. The number of methoxy groups -OCH3 is 1. The Hall–Kier alpha value is -3.43. The van der Waals surface area contributed by atoms with E-state index in [0.29, 0.717) is 17.1 Å². The highest BCUT2D eigenvalue weighted by atomic mass is 32.2. The molecule has 1 aliphatic rings. The van der Waals surface area contributed by atoms with Gasteiger partial charge in [-0.3, -0.25) is 9.59 Å². The minimum atomic E-state index is -3.66. The van der Waals surface area contributed by atoms with Crippen LogP contribution in [-0.2, 0) is 14.8 Å². The van der Waals surface area contributed by atoms with E-state index in [2.05, 4.69) is 0 Å². The molecule has 8 nitrogen and oxygen atoms in total. The van der Waals surface area contributed by atoms with Crippen LogP contribution < -0.4 is 9.47 Å². The van der Waals surface area contributed by atoms with Gasteiger partial charge in [0.1, 0.15) is 11.5 Å². The molecule has 0 spiro atoms. The Kier molecular flexibility index (Phi) is 6.85. The summed E-state index contributed by atoms with van der Waals surface area (Å²) < 4.78 is 38.4. The zero-order valence-corrected chi connectivity index (χ0v) is 19.9. The number of nitrogens with zero attached hydrogens (tertiary/aromatic N) is 2. The smallest absolute Gasteiger partial charge is 0.260 e. The van der Waals surface area contributed by atoms with E-state index in [-0.39, 0.29) is 49.4 Å². The number of carbonyl (C=O) groups is 2. The molecular weight excluding hydrogens is 456 g/mol. The van der Waals surface area contributed by atoms with Crippen LogP contribution >= 0.6 is 0 Å². The quantitative estimate of drug-likeness (QED) is 0.481. The van der Waals surface area contributed by atoms with Gasteiger partial charge in [0.15, 0.2) is 12.4 Å². The molecule has 0 atom stereocenters. The van der Waals surface area contributed by atoms with Crippen molar-refractivity contribution < 1.29 is 27.5 Å². The lowest BCUT2D eigenvalue weighted by atomic mass is 10.1. The number of ketones is 1. The van der Waals surface area contributed by atoms with Crippen molar-refractivity contribution in [1.29, 1.82) is 0 Å². The number of ether oxygens (including phenoxy) is 2. The van der Waals surface area contributed by atoms with Crippen molar-refractivity contribution in [2.24, 2.45) is 0 Å². The van der Waals surface area contributed by atoms with Crippen LogP contribution in [0.3, 0.4) is 0 Å². The molecule has 0 unspecified atom stereocenters. The molecule has 1 saturated heterocycles. The molecule has 9 heteroatoms. The Morgan fingerprint density at radius 3 is 2.29 bits per heavy atom. The van der Waals surface area contributed by atoms with Crippen molar-refractivity contribution >= 4 is 32.5 Å². The first-order valence-electron chi connectivity index (χ1n) is 10.9. The largest absolute Gasteiger partial charge is 0.497 e. The number of carbonyl (C=O) groups excluding carboxylic acids is 2. The molecule has 0 radical (unpaired) electrons. The minimum absolute atomic E-state index is 0.197. The molecule has 0 aromatic heterocycles. The molecule has 3 aromatic rings. The minimum Gasteiger partial charge on any atom is -0.497 e. The van der Waals surface area contributed by atoms with Gasteiger partial charge >= 0.3 is 0 Å². The normalized spacial score (nSPS) is 14.7. The maximum absolute atomic E-state index is 13.1. The lowest BCUT2D eigenvalue weighted by molar-refractivity contribution is -0.134. The van der Waals surface area contributed by atoms with Crippen LogP contribution in [0.5, 0.6) is 11.5 Å². The Balaban J connectivity index is 1.37. The van der Waals surface area contributed by atoms with E-state index in [9.17, 15) is 18.0 Å². The molecular formula is C25H26N2O6S. The van der Waals surface area contributed by atoms with Crippen molar-refractivity contribution in [1.82, 2.24) is 9.21 Å². The van der Waals surface area contributed by atoms with Gasteiger partial charge in [-0.15, -0.1) is 0 Å². The Labute approximate surface area is 198 Å². The number of sulfonamides is 1. The monoisotopic (exact) mass is 482 g/mol. The van der Waals surface area contributed by atoms with Crippen molar-refractivity contribution in [2.45, 2.75) is 11.8 Å². The van der Waals surface area contributed by atoms with E-state index < -0.39 is 10.0 Å². The molecule has 34 heavy (non-hydrogen) atoms. The molecule has 1 heterocycles. The van der Waals surface area contributed by atoms with E-state index in [0.717, 1.165) is 10.8 Å². The average Bonchev–Trinajstić information content (AvgIpc) is 2.86. The SMILES string of the molecule is COc1ccc(OCC(=O)N2CCN(S(=O)(=O)c3ccc4ccccc4c3)CC2)c(C(C)=O)c1. The highest BCUT2D eigenvalue weighted by molar-refractivity contribution is 7.89. The molecule has 0 aliphatic carbocycles. The van der Waals surface area contributed by atoms with E-state index in [4.69, 9.17) is 9.47 Å². The fourth-order valence-electron chi connectivity index (χ4n) is 3.92. The van der Waals surface area contributed by atoms with Crippen LogP contribution in [0.4, 0.5) is 0 Å². The van der Waals surface area contributed by atoms with Gasteiger partial charge in [-0.1, -0.05) is 30.3 Å². The average molecular weight is 483 g/mol. The van der Waals surface area contributed by atoms with Crippen LogP contribution in [-0.4, -0.2) is 69.2 Å². The lowest BCUT2D eigenvalue weighted by Crippen LogP contribution is -2.51. The molecule has 1 fully saturated rings. The van der Waals surface area contributed by atoms with Gasteiger partial charge in [0.2, 0.25) is 10.0 Å². The maximum atomic E-state index is 13.1. The number of rotatable bonds is 7. The first kappa shape index (κ1) is 23.7. The fourth-order valence-corrected chi connectivity index (χ4v) is 5.38. The molecule has 0 N–H and O–H groups in total. The van der Waals surface area contributed by atoms with E-state index in [1.54, 1.807) is 41.3 Å². The topological polar surface area (TPSA) is 93.2 Å². The van der Waals surface area contributed by atoms with Crippen LogP contribution in [0.1, 0.15) is 17.3 Å². The van der Waals surface area contributed by atoms with Crippen molar-refractivity contribution in [2.75, 3.05) is 39.9 Å². The number of Topliss-reactive ketones (excluding diaryl/α,β-unsaturated/α-hetero) is 1. The second-order valence-electron chi connectivity index (χ2n) is 8.00. The first-order chi connectivity index (χ1) is 16.3. The van der Waals surface area contributed by atoms with Gasteiger partial charge in [0.25, 0.3) is 5.91 Å². The predicted octanol–water partition coefficient (Wildman–Crippen LogP) is 2.96. The molecule has 1 amide bonds. The maximum Gasteiger partial charge on any atom is 0.260 e. The number of fused-ring (bicyclic) bond motifs is 1. The molecule has 3 aromatic carbocycles. The van der Waals surface area contributed by atoms with E-state index in [1.807, 2.05) is 24.3 Å². The zero-order chi connectivity index (χ0) is 24.3. The summed E-state index contributed by atoms with van der Waals surface area (Å²) >= 11 is 0. The molecule has 178 valence electrons. The number of piperazine rings is 1. The van der Waals surface area contributed by atoms with E-state index in [1.165, 1.54) is 18.3 Å². The third-order valence-electron chi connectivity index (χ3n) is 5.87. The summed E-state index contributed by atoms with van der Waals surface area (Å²) in [6.45, 7) is 2.08. The summed E-state index contributed by atoms with van der Waals surface area (Å²) in [5.74, 6) is 0.355. The summed E-state index contributed by atoms with van der Waals surface area (Å²) in [6, 6.07) is 17.5. The van der Waals surface area contributed by atoms with Crippen LogP contribution in [0.25, 0.3) is 10.8 Å². The van der Waals surface area contributed by atoms with Gasteiger partial charge < -0.3 is 14.4 Å². The van der Waals surface area contributed by atoms with Crippen molar-refractivity contribution in [3.8, 4) is 11.5 Å². The Morgan fingerprint density at radius 2 is 1.62 bits per heavy atom. The second kappa shape index (κ2) is 9.82. The molecule has 0 saturated carbocycles. The van der Waals surface area contributed by atoms with Crippen molar-refractivity contribution in [3.63, 3.8) is 0 Å². The van der Waals surface area contributed by atoms with Gasteiger partial charge in [-0.05, 0) is 48.0 Å². The first-order valence-corrected chi connectivity index (χ1v) is 12.3. The van der Waals surface area contributed by atoms with Gasteiger partial charge in [-0.2, -0.15) is 4.31 Å². The van der Waals surface area contributed by atoms with Gasteiger partial charge in [-0.25, -0.2) is 8.42 Å². The predicted molar refractivity (Wildman–Crippen MR) is 128 cm³/mol. The summed E-state index contributed by atoms with van der Waals surface area (Å²) in [5.41, 5.74) is 0.332. The summed E-state index contributed by atoms with van der Waals surface area (Å²) in [7, 11) is -2.16. The van der Waals surface area contributed by atoms with Crippen molar-refractivity contribution in [3.05, 3.63) is 66.2 Å². The van der Waals surface area contributed by atoms with Crippen LogP contribution in [0.15, 0.2) is 65.6 Å². The number of benzene rings is 3. The highest BCUT2D eigenvalue weighted by Crippen LogP contribution is 2.25. The molecule has 4 rings (SSSR count). The van der Waals surface area contributed by atoms with Crippen LogP contribution in [0, 0.1) is 0 Å². The van der Waals surface area contributed by atoms with Gasteiger partial charge in [0, 0.05) is 26.2 Å². The van der Waals surface area contributed by atoms with Gasteiger partial charge in [0.05, 0.1) is 17.6 Å². The zero-order valence-electron chi connectivity index (χ0n) is 19.1. The lowest BCUT2D eigenvalue weighted by Gasteiger charge is -2.34. The summed E-state index contributed by atoms with van der Waals surface area (Å²) in [6.07, 6.45) is 0. The fraction of sp³-hybridized carbons (Fsp3) is 0.280. The highest BCUT2D eigenvalue weighted by Gasteiger charge is 2.30. The Morgan fingerprint density at radius 1 is 0.912 bits per heavy atom. The summed E-state index contributed by atoms with van der Waals surface area (Å²) in [5, 5.41) is 1.83. The molecule has 1 aliphatic heterocycles. The second-order valence-corrected chi connectivity index (χ2v) is 9.94. The third kappa shape index (κ3) is 4.90.